The third-order valence-corrected chi connectivity index (χ3v) is 4.01. The molecule has 0 bridgehead atoms. The smallest absolute Gasteiger partial charge is 0.170 e. The van der Waals surface area contributed by atoms with Crippen LogP contribution in [0.4, 0.5) is 5.69 Å². The van der Waals surface area contributed by atoms with Crippen LogP contribution in [0.3, 0.4) is 0 Å². The molecule has 3 aromatic rings. The Labute approximate surface area is 163 Å². The van der Waals surface area contributed by atoms with Crippen LogP contribution in [0.15, 0.2) is 48.5 Å². The number of anilines is 1. The van der Waals surface area contributed by atoms with Crippen LogP contribution in [-0.2, 0) is 6.42 Å². The third kappa shape index (κ3) is 6.04. The molecular formula is C20H22ClN3O3. The van der Waals surface area contributed by atoms with Gasteiger partial charge in [-0.2, -0.15) is 5.10 Å². The van der Waals surface area contributed by atoms with Crippen molar-refractivity contribution in [1.82, 2.24) is 10.2 Å². The molecule has 0 spiro atoms. The molecule has 0 amide bonds. The summed E-state index contributed by atoms with van der Waals surface area (Å²) in [5.41, 5.74) is 3.43. The fourth-order valence-electron chi connectivity index (χ4n) is 2.36. The van der Waals surface area contributed by atoms with Crippen molar-refractivity contribution in [1.29, 1.82) is 0 Å². The normalized spacial score (nSPS) is 9.78. The lowest BCUT2D eigenvalue weighted by atomic mass is 10.1. The number of aldehydes is 1. The van der Waals surface area contributed by atoms with Gasteiger partial charge in [0.2, 0.25) is 0 Å². The molecule has 0 saturated carbocycles. The van der Waals surface area contributed by atoms with Gasteiger partial charge in [-0.3, -0.25) is 9.89 Å². The first kappa shape index (κ1) is 20.3. The standard InChI is InChI=1S/C11H9ClN2O.C9H13NO2/c12-9-3-1-8(2-4-9)5-10-6-11(7-15)14-13-10;1-10-8-5-4-7(11-2)6-9(8)12-3/h1-4,6-7H,5H2,(H,13,14);4-6,10H,1-3H3. The van der Waals surface area contributed by atoms with E-state index in [4.69, 9.17) is 21.1 Å². The highest BCUT2D eigenvalue weighted by molar-refractivity contribution is 6.30. The molecule has 2 aromatic carbocycles. The predicted molar refractivity (Wildman–Crippen MR) is 107 cm³/mol. The van der Waals surface area contributed by atoms with Crippen molar-refractivity contribution in [2.45, 2.75) is 6.42 Å². The van der Waals surface area contributed by atoms with Gasteiger partial charge >= 0.3 is 0 Å². The van der Waals surface area contributed by atoms with Gasteiger partial charge in [-0.25, -0.2) is 0 Å². The van der Waals surface area contributed by atoms with Gasteiger partial charge in [-0.05, 0) is 35.9 Å². The monoisotopic (exact) mass is 387 g/mol. The van der Waals surface area contributed by atoms with E-state index in [9.17, 15) is 4.79 Å². The van der Waals surface area contributed by atoms with Gasteiger partial charge in [-0.1, -0.05) is 23.7 Å². The van der Waals surface area contributed by atoms with Crippen LogP contribution in [0, 0.1) is 0 Å². The summed E-state index contributed by atoms with van der Waals surface area (Å²) in [4.78, 5) is 10.4. The number of H-pyrrole nitrogens is 1. The lowest BCUT2D eigenvalue weighted by molar-refractivity contribution is 0.111. The first-order chi connectivity index (χ1) is 13.1. The molecule has 0 aliphatic rings. The lowest BCUT2D eigenvalue weighted by Gasteiger charge is -2.08. The summed E-state index contributed by atoms with van der Waals surface area (Å²) in [6.07, 6.45) is 1.44. The molecule has 2 N–H and O–H groups in total. The first-order valence-corrected chi connectivity index (χ1v) is 8.61. The number of halogens is 1. The highest BCUT2D eigenvalue weighted by Gasteiger charge is 2.02. The number of aromatic nitrogens is 2. The molecule has 0 unspecified atom stereocenters. The predicted octanol–water partition coefficient (Wildman–Crippen LogP) is 4.21. The second-order valence-corrected chi connectivity index (χ2v) is 5.99. The minimum atomic E-state index is 0.430. The second-order valence-electron chi connectivity index (χ2n) is 5.56. The summed E-state index contributed by atoms with van der Waals surface area (Å²) in [7, 11) is 5.12. The SMILES string of the molecule is CNc1ccc(OC)cc1OC.O=Cc1cc(Cc2ccc(Cl)cc2)[nH]n1. The largest absolute Gasteiger partial charge is 0.497 e. The van der Waals surface area contributed by atoms with Crippen LogP contribution < -0.4 is 14.8 Å². The van der Waals surface area contributed by atoms with Gasteiger partial charge < -0.3 is 14.8 Å². The minimum absolute atomic E-state index is 0.430. The Morgan fingerprint density at radius 3 is 2.41 bits per heavy atom. The molecular weight excluding hydrogens is 366 g/mol. The van der Waals surface area contributed by atoms with Crippen LogP contribution in [-0.4, -0.2) is 37.8 Å². The molecule has 0 radical (unpaired) electrons. The molecule has 7 heteroatoms. The molecule has 0 aliphatic carbocycles. The summed E-state index contributed by atoms with van der Waals surface area (Å²) in [5, 5.41) is 10.4. The molecule has 142 valence electrons. The van der Waals surface area contributed by atoms with E-state index >= 15 is 0 Å². The van der Waals surface area contributed by atoms with E-state index in [0.717, 1.165) is 46.2 Å². The number of carbonyl (C=O) groups is 1. The third-order valence-electron chi connectivity index (χ3n) is 3.76. The van der Waals surface area contributed by atoms with E-state index in [1.807, 2.05) is 49.5 Å². The van der Waals surface area contributed by atoms with E-state index in [2.05, 4.69) is 15.5 Å². The van der Waals surface area contributed by atoms with E-state index in [1.54, 1.807) is 20.3 Å². The molecule has 0 fully saturated rings. The molecule has 27 heavy (non-hydrogen) atoms. The zero-order chi connectivity index (χ0) is 19.6. The van der Waals surface area contributed by atoms with Gasteiger partial charge in [0.1, 0.15) is 17.2 Å². The van der Waals surface area contributed by atoms with E-state index in [-0.39, 0.29) is 0 Å². The quantitative estimate of drug-likeness (QED) is 0.619. The molecule has 0 atom stereocenters. The van der Waals surface area contributed by atoms with E-state index < -0.39 is 0 Å². The average Bonchev–Trinajstić information content (AvgIpc) is 3.17. The Hall–Kier alpha value is -2.99. The second kappa shape index (κ2) is 10.2. The summed E-state index contributed by atoms with van der Waals surface area (Å²) in [6.45, 7) is 0. The lowest BCUT2D eigenvalue weighted by Crippen LogP contribution is -1.94. The van der Waals surface area contributed by atoms with Gasteiger partial charge in [-0.15, -0.1) is 0 Å². The highest BCUT2D eigenvalue weighted by atomic mass is 35.5. The Bertz CT molecular complexity index is 863. The average molecular weight is 388 g/mol. The topological polar surface area (TPSA) is 76.2 Å². The number of carbonyl (C=O) groups excluding carboxylic acids is 1. The number of hydrogen-bond donors (Lipinski definition) is 2. The van der Waals surface area contributed by atoms with Crippen molar-refractivity contribution >= 4 is 23.6 Å². The Balaban J connectivity index is 0.000000199. The maximum atomic E-state index is 10.4. The van der Waals surface area contributed by atoms with Crippen molar-refractivity contribution in [2.24, 2.45) is 0 Å². The van der Waals surface area contributed by atoms with Crippen molar-refractivity contribution in [3.05, 3.63) is 70.5 Å². The van der Waals surface area contributed by atoms with Crippen molar-refractivity contribution in [3.8, 4) is 11.5 Å². The van der Waals surface area contributed by atoms with Crippen LogP contribution in [0.25, 0.3) is 0 Å². The van der Waals surface area contributed by atoms with Crippen LogP contribution in [0.1, 0.15) is 21.7 Å². The molecule has 0 saturated heterocycles. The minimum Gasteiger partial charge on any atom is -0.497 e. The number of rotatable bonds is 6. The number of ether oxygens (including phenoxy) is 2. The van der Waals surface area contributed by atoms with Gasteiger partial charge in [0.15, 0.2) is 6.29 Å². The maximum Gasteiger partial charge on any atom is 0.170 e. The summed E-state index contributed by atoms with van der Waals surface area (Å²) in [5.74, 6) is 1.59. The molecule has 1 aromatic heterocycles. The number of methoxy groups -OCH3 is 2. The number of benzene rings is 2. The van der Waals surface area contributed by atoms with Crippen molar-refractivity contribution < 1.29 is 14.3 Å². The van der Waals surface area contributed by atoms with Crippen molar-refractivity contribution in [2.75, 3.05) is 26.6 Å². The number of nitrogens with one attached hydrogen (secondary N) is 2. The summed E-state index contributed by atoms with van der Waals surface area (Å²) in [6, 6.07) is 15.0. The summed E-state index contributed by atoms with van der Waals surface area (Å²) < 4.78 is 10.2. The molecule has 6 nitrogen and oxygen atoms in total. The van der Waals surface area contributed by atoms with Crippen molar-refractivity contribution in [3.63, 3.8) is 0 Å². The van der Waals surface area contributed by atoms with Gasteiger partial charge in [0, 0.05) is 30.3 Å². The number of nitrogens with zero attached hydrogens (tertiary/aromatic N) is 1. The zero-order valence-electron chi connectivity index (χ0n) is 15.5. The van der Waals surface area contributed by atoms with E-state index in [0.29, 0.717) is 5.69 Å². The Morgan fingerprint density at radius 1 is 1.11 bits per heavy atom. The van der Waals surface area contributed by atoms with Gasteiger partial charge in [0.25, 0.3) is 0 Å². The molecule has 3 rings (SSSR count). The highest BCUT2D eigenvalue weighted by Crippen LogP contribution is 2.28. The maximum absolute atomic E-state index is 10.4. The Morgan fingerprint density at radius 2 is 1.85 bits per heavy atom. The first-order valence-electron chi connectivity index (χ1n) is 8.23. The Kier molecular flexibility index (Phi) is 7.70. The zero-order valence-corrected chi connectivity index (χ0v) is 16.2. The van der Waals surface area contributed by atoms with Crippen LogP contribution in [0.2, 0.25) is 5.02 Å². The van der Waals surface area contributed by atoms with E-state index in [1.165, 1.54) is 0 Å². The summed E-state index contributed by atoms with van der Waals surface area (Å²) >= 11 is 5.77. The number of aromatic amines is 1. The van der Waals surface area contributed by atoms with Gasteiger partial charge in [0.05, 0.1) is 19.9 Å². The fraction of sp³-hybridized carbons (Fsp3) is 0.200. The fourth-order valence-corrected chi connectivity index (χ4v) is 2.48. The van der Waals surface area contributed by atoms with Crippen LogP contribution >= 0.6 is 11.6 Å². The molecule has 1 heterocycles. The number of hydrogen-bond acceptors (Lipinski definition) is 5. The molecule has 0 aliphatic heterocycles. The van der Waals surface area contributed by atoms with Crippen LogP contribution in [0.5, 0.6) is 11.5 Å².